The number of para-hydroxylation sites is 1. The van der Waals surface area contributed by atoms with Crippen molar-refractivity contribution in [2.24, 2.45) is 0 Å². The summed E-state index contributed by atoms with van der Waals surface area (Å²) in [5, 5.41) is 6.43. The molecule has 27 heavy (non-hydrogen) atoms. The molecule has 0 bridgehead atoms. The van der Waals surface area contributed by atoms with Crippen LogP contribution in [0.1, 0.15) is 11.1 Å². The van der Waals surface area contributed by atoms with Crippen LogP contribution in [0.4, 0.5) is 5.13 Å². The van der Waals surface area contributed by atoms with E-state index in [1.807, 2.05) is 48.5 Å². The van der Waals surface area contributed by atoms with Crippen molar-refractivity contribution >= 4 is 16.5 Å². The van der Waals surface area contributed by atoms with Crippen LogP contribution in [0.25, 0.3) is 11.3 Å². The quantitative estimate of drug-likeness (QED) is 0.432. The number of nitrogens with one attached hydrogen (secondary N) is 1. The van der Waals surface area contributed by atoms with Gasteiger partial charge in [-0.3, -0.25) is 0 Å². The molecule has 4 aromatic rings. The maximum absolute atomic E-state index is 5.78. The average Bonchev–Trinajstić information content (AvgIpc) is 3.22. The molecule has 0 aliphatic rings. The molecule has 0 atom stereocenters. The number of aromatic nitrogens is 1. The lowest BCUT2D eigenvalue weighted by Gasteiger charge is -2.07. The number of ether oxygens (including phenoxy) is 1. The standard InChI is InChI=1S/C23H20N2OS/c1-3-7-20(8-4-1)22-17-27-23(25-22)24-15-18-11-13-19(14-12-18)16-26-21-9-5-2-6-10-21/h1-14,17H,15-16H2,(H,24,25). The van der Waals surface area contributed by atoms with Gasteiger partial charge in [-0.15, -0.1) is 11.3 Å². The van der Waals surface area contributed by atoms with Gasteiger partial charge in [-0.2, -0.15) is 0 Å². The highest BCUT2D eigenvalue weighted by Gasteiger charge is 2.04. The average molecular weight is 372 g/mol. The van der Waals surface area contributed by atoms with Crippen LogP contribution in [0.15, 0.2) is 90.3 Å². The smallest absolute Gasteiger partial charge is 0.183 e. The first kappa shape index (κ1) is 17.3. The number of thiazole rings is 1. The summed E-state index contributed by atoms with van der Waals surface area (Å²) in [6.45, 7) is 1.33. The molecule has 0 unspecified atom stereocenters. The lowest BCUT2D eigenvalue weighted by molar-refractivity contribution is 0.306. The van der Waals surface area contributed by atoms with Crippen molar-refractivity contribution in [1.82, 2.24) is 4.98 Å². The maximum atomic E-state index is 5.78. The first-order valence-electron chi connectivity index (χ1n) is 8.87. The number of nitrogens with zero attached hydrogens (tertiary/aromatic N) is 1. The molecule has 3 nitrogen and oxygen atoms in total. The van der Waals surface area contributed by atoms with E-state index in [1.54, 1.807) is 11.3 Å². The van der Waals surface area contributed by atoms with Crippen molar-refractivity contribution in [3.63, 3.8) is 0 Å². The summed E-state index contributed by atoms with van der Waals surface area (Å²) in [6.07, 6.45) is 0. The monoisotopic (exact) mass is 372 g/mol. The van der Waals surface area contributed by atoms with Gasteiger partial charge in [0.2, 0.25) is 0 Å². The lowest BCUT2D eigenvalue weighted by atomic mass is 10.1. The van der Waals surface area contributed by atoms with Gasteiger partial charge in [0.15, 0.2) is 5.13 Å². The molecule has 0 saturated carbocycles. The van der Waals surface area contributed by atoms with E-state index in [1.165, 1.54) is 5.56 Å². The predicted octanol–water partition coefficient (Wildman–Crippen LogP) is 6.00. The van der Waals surface area contributed by atoms with Gasteiger partial charge in [-0.1, -0.05) is 72.8 Å². The van der Waals surface area contributed by atoms with Gasteiger partial charge in [0, 0.05) is 17.5 Å². The van der Waals surface area contributed by atoms with Crippen molar-refractivity contribution in [3.05, 3.63) is 101 Å². The predicted molar refractivity (Wildman–Crippen MR) is 112 cm³/mol. The minimum atomic E-state index is 0.574. The molecule has 1 N–H and O–H groups in total. The number of hydrogen-bond acceptors (Lipinski definition) is 4. The minimum absolute atomic E-state index is 0.574. The van der Waals surface area contributed by atoms with Crippen molar-refractivity contribution in [2.45, 2.75) is 13.2 Å². The molecule has 134 valence electrons. The maximum Gasteiger partial charge on any atom is 0.183 e. The Morgan fingerprint density at radius 3 is 2.19 bits per heavy atom. The Bertz CT molecular complexity index is 966. The van der Waals surface area contributed by atoms with E-state index in [2.05, 4.69) is 52.1 Å². The van der Waals surface area contributed by atoms with Crippen LogP contribution in [0, 0.1) is 0 Å². The second kappa shape index (κ2) is 8.52. The largest absolute Gasteiger partial charge is 0.489 e. The second-order valence-electron chi connectivity index (χ2n) is 6.18. The summed E-state index contributed by atoms with van der Waals surface area (Å²) in [4.78, 5) is 4.66. The van der Waals surface area contributed by atoms with E-state index in [0.29, 0.717) is 6.61 Å². The van der Waals surface area contributed by atoms with Gasteiger partial charge in [-0.25, -0.2) is 4.98 Å². The molecule has 4 heteroatoms. The third-order valence-electron chi connectivity index (χ3n) is 4.19. The Balaban J connectivity index is 1.31. The van der Waals surface area contributed by atoms with Gasteiger partial charge >= 0.3 is 0 Å². The summed E-state index contributed by atoms with van der Waals surface area (Å²) in [6, 6.07) is 28.6. The molecule has 0 spiro atoms. The van der Waals surface area contributed by atoms with Gasteiger partial charge in [-0.05, 0) is 23.3 Å². The molecule has 0 amide bonds. The zero-order valence-corrected chi connectivity index (χ0v) is 15.7. The first-order valence-corrected chi connectivity index (χ1v) is 9.75. The van der Waals surface area contributed by atoms with Gasteiger partial charge in [0.1, 0.15) is 12.4 Å². The van der Waals surface area contributed by atoms with Crippen LogP contribution in [0.2, 0.25) is 0 Å². The van der Waals surface area contributed by atoms with Crippen LogP contribution < -0.4 is 10.1 Å². The van der Waals surface area contributed by atoms with E-state index in [-0.39, 0.29) is 0 Å². The van der Waals surface area contributed by atoms with Crippen molar-refractivity contribution < 1.29 is 4.74 Å². The SMILES string of the molecule is c1ccc(OCc2ccc(CNc3nc(-c4ccccc4)cs3)cc2)cc1. The Morgan fingerprint density at radius 2 is 1.44 bits per heavy atom. The molecule has 3 aromatic carbocycles. The van der Waals surface area contributed by atoms with E-state index in [4.69, 9.17) is 4.74 Å². The summed E-state index contributed by atoms with van der Waals surface area (Å²) < 4.78 is 5.78. The van der Waals surface area contributed by atoms with Gasteiger partial charge in [0.25, 0.3) is 0 Å². The molecule has 0 fully saturated rings. The van der Waals surface area contributed by atoms with E-state index in [9.17, 15) is 0 Å². The highest BCUT2D eigenvalue weighted by Crippen LogP contribution is 2.25. The molecular weight excluding hydrogens is 352 g/mol. The molecule has 1 aromatic heterocycles. The van der Waals surface area contributed by atoms with Crippen LogP contribution in [-0.4, -0.2) is 4.98 Å². The third kappa shape index (κ3) is 4.74. The molecule has 0 aliphatic heterocycles. The van der Waals surface area contributed by atoms with E-state index >= 15 is 0 Å². The van der Waals surface area contributed by atoms with Gasteiger partial charge in [0.05, 0.1) is 5.69 Å². The zero-order chi connectivity index (χ0) is 18.3. The second-order valence-corrected chi connectivity index (χ2v) is 7.03. The summed E-state index contributed by atoms with van der Waals surface area (Å²) in [7, 11) is 0. The van der Waals surface area contributed by atoms with E-state index < -0.39 is 0 Å². The summed E-state index contributed by atoms with van der Waals surface area (Å²) in [5.41, 5.74) is 4.53. The minimum Gasteiger partial charge on any atom is -0.489 e. The molecule has 0 aliphatic carbocycles. The number of rotatable bonds is 7. The molecule has 1 heterocycles. The van der Waals surface area contributed by atoms with Crippen molar-refractivity contribution in [3.8, 4) is 17.0 Å². The fourth-order valence-electron chi connectivity index (χ4n) is 2.71. The normalized spacial score (nSPS) is 10.5. The number of benzene rings is 3. The number of anilines is 1. The van der Waals surface area contributed by atoms with E-state index in [0.717, 1.165) is 34.2 Å². The Kier molecular flexibility index (Phi) is 5.46. The Labute approximate surface area is 163 Å². The zero-order valence-electron chi connectivity index (χ0n) is 14.8. The summed E-state index contributed by atoms with van der Waals surface area (Å²) >= 11 is 1.63. The fourth-order valence-corrected chi connectivity index (χ4v) is 3.43. The Morgan fingerprint density at radius 1 is 0.778 bits per heavy atom. The van der Waals surface area contributed by atoms with Crippen molar-refractivity contribution in [1.29, 1.82) is 0 Å². The van der Waals surface area contributed by atoms with Crippen LogP contribution >= 0.6 is 11.3 Å². The van der Waals surface area contributed by atoms with Gasteiger partial charge < -0.3 is 10.1 Å². The van der Waals surface area contributed by atoms with Crippen LogP contribution in [0.5, 0.6) is 5.75 Å². The first-order chi connectivity index (χ1) is 13.4. The fraction of sp³-hybridized carbons (Fsp3) is 0.0870. The molecular formula is C23H20N2OS. The molecule has 0 radical (unpaired) electrons. The Hall–Kier alpha value is -3.11. The third-order valence-corrected chi connectivity index (χ3v) is 4.99. The molecule has 4 rings (SSSR count). The van der Waals surface area contributed by atoms with Crippen LogP contribution in [-0.2, 0) is 13.2 Å². The summed E-state index contributed by atoms with van der Waals surface area (Å²) in [5.74, 6) is 0.890. The highest BCUT2D eigenvalue weighted by molar-refractivity contribution is 7.14. The van der Waals surface area contributed by atoms with Crippen LogP contribution in [0.3, 0.4) is 0 Å². The molecule has 0 saturated heterocycles. The lowest BCUT2D eigenvalue weighted by Crippen LogP contribution is -2.00. The highest BCUT2D eigenvalue weighted by atomic mass is 32.1. The number of hydrogen-bond donors (Lipinski definition) is 1. The van der Waals surface area contributed by atoms with Crippen molar-refractivity contribution in [2.75, 3.05) is 5.32 Å². The topological polar surface area (TPSA) is 34.1 Å².